The number of benzene rings is 4. The second kappa shape index (κ2) is 14.4. The average Bonchev–Trinajstić information content (AvgIpc) is 3.76. The number of methoxy groups -OCH3 is 3. The molecule has 7 rings (SSSR count). The molecular formula is C38H34BrNO11. The number of carbonyl (C=O) groups excluding carboxylic acids is 3. The van der Waals surface area contributed by atoms with Gasteiger partial charge in [0.05, 0.1) is 40.3 Å². The first-order chi connectivity index (χ1) is 24.8. The Morgan fingerprint density at radius 3 is 2.25 bits per heavy atom. The van der Waals surface area contributed by atoms with E-state index in [2.05, 4.69) is 21.2 Å². The number of hydrogen-bond acceptors (Lipinski definition) is 11. The molecule has 51 heavy (non-hydrogen) atoms. The summed E-state index contributed by atoms with van der Waals surface area (Å²) in [7, 11) is 4.58. The number of rotatable bonds is 11. The second-order valence-corrected chi connectivity index (χ2v) is 13.1. The van der Waals surface area contributed by atoms with Gasteiger partial charge in [-0.2, -0.15) is 0 Å². The van der Waals surface area contributed by atoms with Crippen molar-refractivity contribution in [2.75, 3.05) is 46.7 Å². The first-order valence-corrected chi connectivity index (χ1v) is 16.9. The molecule has 4 atom stereocenters. The molecule has 4 aromatic rings. The quantitative estimate of drug-likeness (QED) is 0.181. The Bertz CT molecular complexity index is 1960. The third-order valence-electron chi connectivity index (χ3n) is 9.17. The van der Waals surface area contributed by atoms with E-state index in [1.165, 1.54) is 21.3 Å². The van der Waals surface area contributed by atoms with Gasteiger partial charge in [-0.05, 0) is 77.4 Å². The number of carbonyl (C=O) groups is 3. The van der Waals surface area contributed by atoms with Crippen molar-refractivity contribution in [3.8, 4) is 34.5 Å². The van der Waals surface area contributed by atoms with Crippen LogP contribution >= 0.6 is 15.9 Å². The molecule has 1 aliphatic carbocycles. The van der Waals surface area contributed by atoms with Gasteiger partial charge in [0.2, 0.25) is 12.5 Å². The van der Waals surface area contributed by atoms with Crippen molar-refractivity contribution < 1.29 is 52.3 Å². The topological polar surface area (TPSA) is 137 Å². The maximum absolute atomic E-state index is 13.6. The third-order valence-corrected chi connectivity index (χ3v) is 9.70. The first-order valence-electron chi connectivity index (χ1n) is 16.1. The summed E-state index contributed by atoms with van der Waals surface area (Å²) in [5, 5.41) is 2.80. The van der Waals surface area contributed by atoms with Crippen molar-refractivity contribution >= 4 is 39.5 Å². The van der Waals surface area contributed by atoms with Crippen LogP contribution in [0.25, 0.3) is 0 Å². The summed E-state index contributed by atoms with van der Waals surface area (Å²) in [5.41, 5.74) is 3.26. The van der Waals surface area contributed by atoms with Gasteiger partial charge in [0.15, 0.2) is 29.6 Å². The van der Waals surface area contributed by atoms with Crippen molar-refractivity contribution in [1.29, 1.82) is 0 Å². The minimum atomic E-state index is -0.824. The molecule has 0 bridgehead atoms. The van der Waals surface area contributed by atoms with Crippen molar-refractivity contribution in [1.82, 2.24) is 0 Å². The minimum Gasteiger partial charge on any atom is -0.493 e. The molecule has 0 radical (unpaired) electrons. The fourth-order valence-electron chi connectivity index (χ4n) is 6.93. The number of cyclic esters (lactones) is 1. The number of esters is 2. The zero-order chi connectivity index (χ0) is 35.6. The maximum Gasteiger partial charge on any atom is 0.310 e. The van der Waals surface area contributed by atoms with E-state index < -0.39 is 35.8 Å². The number of amides is 1. The zero-order valence-corrected chi connectivity index (χ0v) is 29.5. The highest BCUT2D eigenvalue weighted by Crippen LogP contribution is 2.56. The lowest BCUT2D eigenvalue weighted by Gasteiger charge is -2.38. The Labute approximate surface area is 302 Å². The molecule has 0 saturated carbocycles. The van der Waals surface area contributed by atoms with E-state index in [9.17, 15) is 14.4 Å². The summed E-state index contributed by atoms with van der Waals surface area (Å²) in [6, 6.07) is 21.4. The first kappa shape index (κ1) is 34.0. The van der Waals surface area contributed by atoms with Crippen LogP contribution in [0.5, 0.6) is 34.5 Å². The van der Waals surface area contributed by atoms with Gasteiger partial charge in [-0.25, -0.2) is 0 Å². The van der Waals surface area contributed by atoms with Crippen LogP contribution in [0.2, 0.25) is 0 Å². The molecule has 1 N–H and O–H groups in total. The van der Waals surface area contributed by atoms with Gasteiger partial charge >= 0.3 is 11.9 Å². The third kappa shape index (κ3) is 6.85. The van der Waals surface area contributed by atoms with Gasteiger partial charge in [0.1, 0.15) is 11.9 Å². The van der Waals surface area contributed by atoms with Gasteiger partial charge < -0.3 is 43.2 Å². The summed E-state index contributed by atoms with van der Waals surface area (Å²) < 4.78 is 46.6. The second-order valence-electron chi connectivity index (χ2n) is 12.2. The van der Waals surface area contributed by atoms with E-state index in [1.54, 1.807) is 36.4 Å². The molecule has 0 unspecified atom stereocenters. The van der Waals surface area contributed by atoms with E-state index >= 15 is 0 Å². The molecule has 1 saturated heterocycles. The monoisotopic (exact) mass is 759 g/mol. The van der Waals surface area contributed by atoms with Gasteiger partial charge in [-0.3, -0.25) is 14.4 Å². The average molecular weight is 761 g/mol. The lowest BCUT2D eigenvalue weighted by molar-refractivity contribution is -0.153. The van der Waals surface area contributed by atoms with Crippen molar-refractivity contribution in [2.45, 2.75) is 18.4 Å². The number of halogens is 1. The van der Waals surface area contributed by atoms with Crippen molar-refractivity contribution in [3.63, 3.8) is 0 Å². The molecule has 4 aromatic carbocycles. The Balaban J connectivity index is 1.14. The maximum atomic E-state index is 13.6. The van der Waals surface area contributed by atoms with Gasteiger partial charge in [-0.15, -0.1) is 0 Å². The zero-order valence-electron chi connectivity index (χ0n) is 27.9. The number of fused-ring (bicyclic) bond motifs is 3. The van der Waals surface area contributed by atoms with Crippen molar-refractivity contribution in [3.05, 3.63) is 99.5 Å². The lowest BCUT2D eigenvalue weighted by Crippen LogP contribution is -2.36. The van der Waals surface area contributed by atoms with E-state index in [1.807, 2.05) is 36.4 Å². The van der Waals surface area contributed by atoms with Crippen LogP contribution in [-0.2, 0) is 30.3 Å². The molecule has 1 amide bonds. The molecule has 2 aliphatic heterocycles. The van der Waals surface area contributed by atoms with Crippen LogP contribution in [0.4, 0.5) is 5.69 Å². The Morgan fingerprint density at radius 2 is 1.57 bits per heavy atom. The van der Waals surface area contributed by atoms with Crippen molar-refractivity contribution in [2.24, 2.45) is 11.8 Å². The molecule has 0 aromatic heterocycles. The summed E-state index contributed by atoms with van der Waals surface area (Å²) in [4.78, 5) is 39.7. The Hall–Kier alpha value is -5.43. The highest BCUT2D eigenvalue weighted by molar-refractivity contribution is 9.10. The molecule has 12 nitrogen and oxygen atoms in total. The van der Waals surface area contributed by atoms with Crippen LogP contribution in [0.1, 0.15) is 34.3 Å². The fraction of sp³-hybridized carbons (Fsp3) is 0.289. The van der Waals surface area contributed by atoms with Gasteiger partial charge in [0.25, 0.3) is 5.91 Å². The molecule has 0 spiro atoms. The van der Waals surface area contributed by atoms with E-state index in [0.717, 1.165) is 15.6 Å². The molecule has 13 heteroatoms. The molecule has 3 aliphatic rings. The van der Waals surface area contributed by atoms with Crippen LogP contribution in [-0.4, -0.2) is 59.2 Å². The van der Waals surface area contributed by atoms with E-state index in [0.29, 0.717) is 51.3 Å². The summed E-state index contributed by atoms with van der Waals surface area (Å²) in [5.74, 6) is -0.138. The Morgan fingerprint density at radius 1 is 0.863 bits per heavy atom. The SMILES string of the molecule is COc1cc([C@@H]2c3cc4c(cc3[C@H](OC(=O)Cc3cccc(NC(=O)COc5ccc(Br)cc5)c3)[C@H]3COC(=O)[C@H]23)OCO4)cc(OC)c1OC. The lowest BCUT2D eigenvalue weighted by atomic mass is 9.66. The highest BCUT2D eigenvalue weighted by Gasteiger charge is 2.54. The largest absolute Gasteiger partial charge is 0.493 e. The van der Waals surface area contributed by atoms with Crippen LogP contribution in [0.3, 0.4) is 0 Å². The van der Waals surface area contributed by atoms with Gasteiger partial charge in [0, 0.05) is 27.6 Å². The van der Waals surface area contributed by atoms with Crippen LogP contribution < -0.4 is 33.7 Å². The predicted molar refractivity (Wildman–Crippen MR) is 186 cm³/mol. The fourth-order valence-corrected chi connectivity index (χ4v) is 7.19. The predicted octanol–water partition coefficient (Wildman–Crippen LogP) is 5.98. The normalized spacial score (nSPS) is 19.6. The standard InChI is InChI=1S/C38H34BrNO11/c1-44-30-13-21(14-31(45-2)37(30)46-3)34-25-15-28-29(50-19-49-28)16-26(25)36(27-17-48-38(43)35(27)34)51-33(42)12-20-5-4-6-23(11-20)40-32(41)18-47-24-9-7-22(39)8-10-24/h4-11,13-16,27,34-36H,12,17-19H2,1-3H3,(H,40,41)/t27-,34+,35-,36-/m0/s1. The number of nitrogens with one attached hydrogen (secondary N) is 1. The van der Waals surface area contributed by atoms with Crippen LogP contribution in [0.15, 0.2) is 77.3 Å². The smallest absolute Gasteiger partial charge is 0.310 e. The summed E-state index contributed by atoms with van der Waals surface area (Å²) in [6.45, 7) is -0.0936. The Kier molecular flexibility index (Phi) is 9.63. The molecule has 264 valence electrons. The van der Waals surface area contributed by atoms with Crippen LogP contribution in [0, 0.1) is 11.8 Å². The summed E-state index contributed by atoms with van der Waals surface area (Å²) in [6.07, 6.45) is -0.909. The number of hydrogen-bond donors (Lipinski definition) is 1. The molecule has 1 fully saturated rings. The van der Waals surface area contributed by atoms with E-state index in [4.69, 9.17) is 37.9 Å². The summed E-state index contributed by atoms with van der Waals surface area (Å²) >= 11 is 3.37. The molecule has 2 heterocycles. The minimum absolute atomic E-state index is 0.0374. The molecular weight excluding hydrogens is 726 g/mol. The van der Waals surface area contributed by atoms with Gasteiger partial charge in [-0.1, -0.05) is 28.1 Å². The van der Waals surface area contributed by atoms with E-state index in [-0.39, 0.29) is 32.3 Å². The number of ether oxygens (including phenoxy) is 8. The highest BCUT2D eigenvalue weighted by atomic mass is 79.9. The number of anilines is 1.